The molecule has 0 atom stereocenters. The van der Waals surface area contributed by atoms with Gasteiger partial charge >= 0.3 is 0 Å². The van der Waals surface area contributed by atoms with Gasteiger partial charge in [0, 0.05) is 11.1 Å². The molecule has 0 saturated heterocycles. The molecule has 0 aliphatic heterocycles. The Balaban J connectivity index is 1.76. The summed E-state index contributed by atoms with van der Waals surface area (Å²) in [5.74, 6) is 0.750. The van der Waals surface area contributed by atoms with E-state index >= 15 is 0 Å². The first kappa shape index (κ1) is 20.1. The number of nitrogens with one attached hydrogen (secondary N) is 1. The number of benzene rings is 2. The van der Waals surface area contributed by atoms with Gasteiger partial charge in [-0.15, -0.1) is 0 Å². The van der Waals surface area contributed by atoms with Crippen LogP contribution in [0.1, 0.15) is 25.3 Å². The van der Waals surface area contributed by atoms with Gasteiger partial charge in [-0.2, -0.15) is 5.10 Å². The van der Waals surface area contributed by atoms with E-state index in [0.717, 1.165) is 24.2 Å². The molecule has 0 aromatic heterocycles. The molecule has 0 spiro atoms. The topological polar surface area (TPSA) is 59.9 Å². The minimum absolute atomic E-state index is 0.221. The first-order valence-electron chi connectivity index (χ1n) is 8.21. The SMILES string of the molecule is CCCCOc1ccc(/C=N/NC(=O)COc2cc(Cl)ccc2Cl)cc1. The fourth-order valence-electron chi connectivity index (χ4n) is 1.93. The first-order chi connectivity index (χ1) is 12.6. The number of hydrazone groups is 1. The zero-order valence-corrected chi connectivity index (χ0v) is 15.9. The Hall–Kier alpha value is -2.24. The lowest BCUT2D eigenvalue weighted by atomic mass is 10.2. The van der Waals surface area contributed by atoms with Crippen molar-refractivity contribution in [2.24, 2.45) is 5.10 Å². The largest absolute Gasteiger partial charge is 0.494 e. The fraction of sp³-hybridized carbons (Fsp3) is 0.263. The molecule has 0 radical (unpaired) electrons. The average Bonchev–Trinajstić information content (AvgIpc) is 2.64. The second-order valence-corrected chi connectivity index (χ2v) is 6.27. The highest BCUT2D eigenvalue weighted by atomic mass is 35.5. The standard InChI is InChI=1S/C19H20Cl2N2O3/c1-2-3-10-25-16-7-4-14(5-8-16)12-22-23-19(24)13-26-18-11-15(20)6-9-17(18)21/h4-9,11-12H,2-3,10,13H2,1H3,(H,23,24)/b22-12+. The van der Waals surface area contributed by atoms with Gasteiger partial charge in [-0.05, 0) is 48.4 Å². The summed E-state index contributed by atoms with van der Waals surface area (Å²) in [5.41, 5.74) is 3.23. The number of carbonyl (C=O) groups excluding carboxylic acids is 1. The van der Waals surface area contributed by atoms with E-state index < -0.39 is 5.91 Å². The zero-order chi connectivity index (χ0) is 18.8. The minimum Gasteiger partial charge on any atom is -0.494 e. The molecule has 0 fully saturated rings. The number of carbonyl (C=O) groups is 1. The third kappa shape index (κ3) is 6.94. The van der Waals surface area contributed by atoms with Crippen LogP contribution in [0.4, 0.5) is 0 Å². The van der Waals surface area contributed by atoms with Gasteiger partial charge in [0.05, 0.1) is 17.8 Å². The molecule has 2 aromatic rings. The molecular formula is C19H20Cl2N2O3. The highest BCUT2D eigenvalue weighted by Crippen LogP contribution is 2.27. The molecule has 0 saturated carbocycles. The molecule has 0 unspecified atom stereocenters. The Kier molecular flexibility index (Phi) is 8.25. The normalized spacial score (nSPS) is 10.7. The molecule has 0 heterocycles. The van der Waals surface area contributed by atoms with E-state index in [1.807, 2.05) is 24.3 Å². The number of amides is 1. The molecule has 2 aromatic carbocycles. The van der Waals surface area contributed by atoms with Gasteiger partial charge in [-0.25, -0.2) is 5.43 Å². The Morgan fingerprint density at radius 2 is 1.92 bits per heavy atom. The third-order valence-electron chi connectivity index (χ3n) is 3.30. The molecular weight excluding hydrogens is 375 g/mol. The molecule has 0 bridgehead atoms. The van der Waals surface area contributed by atoms with Crippen molar-refractivity contribution >= 4 is 35.3 Å². The Morgan fingerprint density at radius 1 is 1.15 bits per heavy atom. The van der Waals surface area contributed by atoms with Gasteiger partial charge in [0.15, 0.2) is 6.61 Å². The van der Waals surface area contributed by atoms with Crippen LogP contribution in [0.15, 0.2) is 47.6 Å². The number of hydrogen-bond donors (Lipinski definition) is 1. The number of rotatable bonds is 9. The second kappa shape index (κ2) is 10.7. The van der Waals surface area contributed by atoms with E-state index in [4.69, 9.17) is 32.7 Å². The summed E-state index contributed by atoms with van der Waals surface area (Å²) in [6.45, 7) is 2.60. The Morgan fingerprint density at radius 3 is 2.65 bits per heavy atom. The highest BCUT2D eigenvalue weighted by Gasteiger charge is 2.06. The molecule has 2 rings (SSSR count). The van der Waals surface area contributed by atoms with E-state index in [9.17, 15) is 4.79 Å². The van der Waals surface area contributed by atoms with Crippen LogP contribution in [-0.4, -0.2) is 25.3 Å². The summed E-state index contributed by atoms with van der Waals surface area (Å²) in [4.78, 5) is 11.8. The van der Waals surface area contributed by atoms with Crippen LogP contribution >= 0.6 is 23.2 Å². The lowest BCUT2D eigenvalue weighted by Gasteiger charge is -2.07. The van der Waals surface area contributed by atoms with Crippen molar-refractivity contribution in [3.8, 4) is 11.5 Å². The maximum Gasteiger partial charge on any atom is 0.277 e. The lowest BCUT2D eigenvalue weighted by Crippen LogP contribution is -2.24. The molecule has 1 amide bonds. The number of unbranched alkanes of at least 4 members (excludes halogenated alkanes) is 1. The smallest absolute Gasteiger partial charge is 0.277 e. The molecule has 1 N–H and O–H groups in total. The lowest BCUT2D eigenvalue weighted by molar-refractivity contribution is -0.123. The van der Waals surface area contributed by atoms with Gasteiger partial charge in [-0.3, -0.25) is 4.79 Å². The summed E-state index contributed by atoms with van der Waals surface area (Å²) in [7, 11) is 0. The van der Waals surface area contributed by atoms with Crippen molar-refractivity contribution in [1.29, 1.82) is 0 Å². The van der Waals surface area contributed by atoms with E-state index in [0.29, 0.717) is 22.4 Å². The van der Waals surface area contributed by atoms with Crippen molar-refractivity contribution in [2.75, 3.05) is 13.2 Å². The van der Waals surface area contributed by atoms with Crippen LogP contribution in [0.2, 0.25) is 10.0 Å². The van der Waals surface area contributed by atoms with Gasteiger partial charge < -0.3 is 9.47 Å². The van der Waals surface area contributed by atoms with Crippen molar-refractivity contribution in [2.45, 2.75) is 19.8 Å². The maximum absolute atomic E-state index is 11.8. The summed E-state index contributed by atoms with van der Waals surface area (Å²) in [5, 5.41) is 4.75. The van der Waals surface area contributed by atoms with E-state index in [1.54, 1.807) is 24.4 Å². The molecule has 7 heteroatoms. The van der Waals surface area contributed by atoms with Crippen molar-refractivity contribution in [3.05, 3.63) is 58.1 Å². The van der Waals surface area contributed by atoms with E-state index in [2.05, 4.69) is 17.5 Å². The minimum atomic E-state index is -0.406. The molecule has 0 aliphatic carbocycles. The van der Waals surface area contributed by atoms with Crippen LogP contribution in [0, 0.1) is 0 Å². The van der Waals surface area contributed by atoms with E-state index in [-0.39, 0.29) is 6.61 Å². The molecule has 0 aliphatic rings. The van der Waals surface area contributed by atoms with Crippen LogP contribution < -0.4 is 14.9 Å². The predicted molar refractivity (Wildman–Crippen MR) is 105 cm³/mol. The van der Waals surface area contributed by atoms with Crippen LogP contribution in [0.25, 0.3) is 0 Å². The highest BCUT2D eigenvalue weighted by molar-refractivity contribution is 6.34. The zero-order valence-electron chi connectivity index (χ0n) is 14.4. The molecule has 138 valence electrons. The first-order valence-corrected chi connectivity index (χ1v) is 8.96. The van der Waals surface area contributed by atoms with Crippen molar-refractivity contribution in [1.82, 2.24) is 5.43 Å². The number of ether oxygens (including phenoxy) is 2. The second-order valence-electron chi connectivity index (χ2n) is 5.43. The molecule has 26 heavy (non-hydrogen) atoms. The van der Waals surface area contributed by atoms with Crippen LogP contribution in [-0.2, 0) is 4.79 Å². The molecule has 5 nitrogen and oxygen atoms in total. The number of nitrogens with zero attached hydrogens (tertiary/aromatic N) is 1. The predicted octanol–water partition coefficient (Wildman–Crippen LogP) is 4.70. The fourth-order valence-corrected chi connectivity index (χ4v) is 2.26. The summed E-state index contributed by atoms with van der Waals surface area (Å²) < 4.78 is 10.9. The van der Waals surface area contributed by atoms with Gasteiger partial charge in [0.1, 0.15) is 11.5 Å². The van der Waals surface area contributed by atoms with Gasteiger partial charge in [0.25, 0.3) is 5.91 Å². The summed E-state index contributed by atoms with van der Waals surface area (Å²) >= 11 is 11.8. The monoisotopic (exact) mass is 394 g/mol. The average molecular weight is 395 g/mol. The van der Waals surface area contributed by atoms with Crippen LogP contribution in [0.3, 0.4) is 0 Å². The number of hydrogen-bond acceptors (Lipinski definition) is 4. The van der Waals surface area contributed by atoms with E-state index in [1.165, 1.54) is 0 Å². The quantitative estimate of drug-likeness (QED) is 0.380. The summed E-state index contributed by atoms with van der Waals surface area (Å²) in [6, 6.07) is 12.2. The Labute approximate surface area is 162 Å². The van der Waals surface area contributed by atoms with Crippen molar-refractivity contribution < 1.29 is 14.3 Å². The van der Waals surface area contributed by atoms with Gasteiger partial charge in [0.2, 0.25) is 0 Å². The number of halogens is 2. The maximum atomic E-state index is 11.8. The summed E-state index contributed by atoms with van der Waals surface area (Å²) in [6.07, 6.45) is 3.66. The van der Waals surface area contributed by atoms with Gasteiger partial charge in [-0.1, -0.05) is 36.5 Å². The Bertz CT molecular complexity index is 749. The third-order valence-corrected chi connectivity index (χ3v) is 3.85. The van der Waals surface area contributed by atoms with Crippen molar-refractivity contribution in [3.63, 3.8) is 0 Å². The van der Waals surface area contributed by atoms with Crippen LogP contribution in [0.5, 0.6) is 11.5 Å².